The van der Waals surface area contributed by atoms with Gasteiger partial charge in [0.1, 0.15) is 11.5 Å². The van der Waals surface area contributed by atoms with E-state index in [0.717, 1.165) is 14.9 Å². The second-order valence-electron chi connectivity index (χ2n) is 5.09. The molecule has 0 aliphatic heterocycles. The highest BCUT2D eigenvalue weighted by Gasteiger charge is 2.14. The van der Waals surface area contributed by atoms with Crippen LogP contribution in [0.3, 0.4) is 0 Å². The standard InChI is InChI=1S/C18H14INO4/c1-23-11-4-5-15-12(8-11)13(18(21)22)9-16(20-15)10-3-6-17(24-2)14(19)7-10/h3-9H,1-2H3,(H,21,22). The Morgan fingerprint density at radius 1 is 1.08 bits per heavy atom. The summed E-state index contributed by atoms with van der Waals surface area (Å²) in [6.07, 6.45) is 0. The second-order valence-corrected chi connectivity index (χ2v) is 6.25. The molecule has 0 aliphatic rings. The molecule has 1 aromatic heterocycles. The molecule has 0 radical (unpaired) electrons. The number of carbonyl (C=O) groups is 1. The number of nitrogens with zero attached hydrogens (tertiary/aromatic N) is 1. The highest BCUT2D eigenvalue weighted by molar-refractivity contribution is 14.1. The number of hydrogen-bond acceptors (Lipinski definition) is 4. The highest BCUT2D eigenvalue weighted by atomic mass is 127. The molecule has 6 heteroatoms. The van der Waals surface area contributed by atoms with Gasteiger partial charge in [-0.25, -0.2) is 9.78 Å². The summed E-state index contributed by atoms with van der Waals surface area (Å²) >= 11 is 2.18. The monoisotopic (exact) mass is 435 g/mol. The lowest BCUT2D eigenvalue weighted by atomic mass is 10.0. The number of halogens is 1. The molecule has 0 saturated carbocycles. The maximum atomic E-state index is 11.7. The van der Waals surface area contributed by atoms with Crippen molar-refractivity contribution in [3.8, 4) is 22.8 Å². The lowest BCUT2D eigenvalue weighted by molar-refractivity contribution is 0.0699. The normalized spacial score (nSPS) is 10.6. The van der Waals surface area contributed by atoms with Crippen LogP contribution >= 0.6 is 22.6 Å². The van der Waals surface area contributed by atoms with E-state index in [1.807, 2.05) is 18.2 Å². The number of aromatic carboxylic acids is 1. The van der Waals surface area contributed by atoms with E-state index in [0.29, 0.717) is 22.3 Å². The minimum atomic E-state index is -1.000. The van der Waals surface area contributed by atoms with Gasteiger partial charge in [0.05, 0.1) is 34.6 Å². The van der Waals surface area contributed by atoms with E-state index in [2.05, 4.69) is 27.6 Å². The van der Waals surface area contributed by atoms with Crippen molar-refractivity contribution in [1.29, 1.82) is 0 Å². The number of ether oxygens (including phenoxy) is 2. The highest BCUT2D eigenvalue weighted by Crippen LogP contribution is 2.30. The number of hydrogen-bond donors (Lipinski definition) is 1. The van der Waals surface area contributed by atoms with Crippen LogP contribution < -0.4 is 9.47 Å². The number of aromatic nitrogens is 1. The molecule has 1 N–H and O–H groups in total. The van der Waals surface area contributed by atoms with Gasteiger partial charge < -0.3 is 14.6 Å². The fourth-order valence-corrected chi connectivity index (χ4v) is 3.22. The van der Waals surface area contributed by atoms with Gasteiger partial charge in [-0.05, 0) is 65.1 Å². The van der Waals surface area contributed by atoms with Crippen LogP contribution in [-0.4, -0.2) is 30.3 Å². The molecule has 3 aromatic rings. The minimum absolute atomic E-state index is 0.194. The molecule has 0 aliphatic carbocycles. The Morgan fingerprint density at radius 2 is 1.88 bits per heavy atom. The average molecular weight is 435 g/mol. The Morgan fingerprint density at radius 3 is 2.50 bits per heavy atom. The lowest BCUT2D eigenvalue weighted by Gasteiger charge is -2.10. The third-order valence-corrected chi connectivity index (χ3v) is 4.54. The minimum Gasteiger partial charge on any atom is -0.497 e. The largest absolute Gasteiger partial charge is 0.497 e. The molecule has 0 atom stereocenters. The van der Waals surface area contributed by atoms with Crippen LogP contribution in [0.5, 0.6) is 11.5 Å². The predicted octanol–water partition coefficient (Wildman–Crippen LogP) is 4.22. The maximum Gasteiger partial charge on any atom is 0.336 e. The van der Waals surface area contributed by atoms with Crippen LogP contribution in [0.15, 0.2) is 42.5 Å². The topological polar surface area (TPSA) is 68.7 Å². The summed E-state index contributed by atoms with van der Waals surface area (Å²) in [6, 6.07) is 12.4. The van der Waals surface area contributed by atoms with Crippen LogP contribution in [0.1, 0.15) is 10.4 Å². The summed E-state index contributed by atoms with van der Waals surface area (Å²) in [6.45, 7) is 0. The van der Waals surface area contributed by atoms with E-state index < -0.39 is 5.97 Å². The Labute approximate surface area is 152 Å². The smallest absolute Gasteiger partial charge is 0.336 e. The van der Waals surface area contributed by atoms with Gasteiger partial charge >= 0.3 is 5.97 Å². The quantitative estimate of drug-likeness (QED) is 0.622. The fraction of sp³-hybridized carbons (Fsp3) is 0.111. The molecule has 0 saturated heterocycles. The zero-order valence-electron chi connectivity index (χ0n) is 13.0. The van der Waals surface area contributed by atoms with E-state index >= 15 is 0 Å². The molecule has 0 amide bonds. The fourth-order valence-electron chi connectivity index (χ4n) is 2.48. The van der Waals surface area contributed by atoms with Crippen molar-refractivity contribution in [2.75, 3.05) is 14.2 Å². The van der Waals surface area contributed by atoms with Gasteiger partial charge in [-0.15, -0.1) is 0 Å². The Balaban J connectivity index is 2.22. The van der Waals surface area contributed by atoms with Crippen molar-refractivity contribution in [3.05, 3.63) is 51.6 Å². The summed E-state index contributed by atoms with van der Waals surface area (Å²) in [5.74, 6) is 0.363. The lowest BCUT2D eigenvalue weighted by Crippen LogP contribution is -2.01. The Kier molecular flexibility index (Phi) is 4.57. The van der Waals surface area contributed by atoms with Gasteiger partial charge in [0.15, 0.2) is 0 Å². The van der Waals surface area contributed by atoms with Crippen molar-refractivity contribution in [2.24, 2.45) is 0 Å². The number of methoxy groups -OCH3 is 2. The third-order valence-electron chi connectivity index (χ3n) is 3.69. The summed E-state index contributed by atoms with van der Waals surface area (Å²) in [4.78, 5) is 16.3. The van der Waals surface area contributed by atoms with E-state index in [4.69, 9.17) is 9.47 Å². The van der Waals surface area contributed by atoms with E-state index in [1.54, 1.807) is 38.5 Å². The molecule has 5 nitrogen and oxygen atoms in total. The van der Waals surface area contributed by atoms with Crippen LogP contribution in [0.4, 0.5) is 0 Å². The van der Waals surface area contributed by atoms with Crippen molar-refractivity contribution in [2.45, 2.75) is 0 Å². The molecule has 122 valence electrons. The summed E-state index contributed by atoms with van der Waals surface area (Å²) in [7, 11) is 3.16. The molecule has 1 heterocycles. The predicted molar refractivity (Wildman–Crippen MR) is 100.0 cm³/mol. The molecule has 0 bridgehead atoms. The van der Waals surface area contributed by atoms with E-state index in [9.17, 15) is 9.90 Å². The van der Waals surface area contributed by atoms with E-state index in [-0.39, 0.29) is 5.56 Å². The maximum absolute atomic E-state index is 11.7. The number of rotatable bonds is 4. The van der Waals surface area contributed by atoms with Crippen LogP contribution in [-0.2, 0) is 0 Å². The van der Waals surface area contributed by atoms with Gasteiger partial charge in [-0.1, -0.05) is 0 Å². The van der Waals surface area contributed by atoms with Crippen molar-refractivity contribution >= 4 is 39.5 Å². The Hall–Kier alpha value is -2.35. The van der Waals surface area contributed by atoms with Gasteiger partial charge in [0.25, 0.3) is 0 Å². The molecule has 3 rings (SSSR count). The van der Waals surface area contributed by atoms with Gasteiger partial charge in [0, 0.05) is 10.9 Å². The Bertz CT molecular complexity index is 940. The molecule has 24 heavy (non-hydrogen) atoms. The number of fused-ring (bicyclic) bond motifs is 1. The number of carboxylic acid groups (broad SMARTS) is 1. The third kappa shape index (κ3) is 3.01. The van der Waals surface area contributed by atoms with Gasteiger partial charge in [-0.3, -0.25) is 0 Å². The molecule has 0 fully saturated rings. The first-order valence-corrected chi connectivity index (χ1v) is 8.17. The SMILES string of the molecule is COc1ccc2nc(-c3ccc(OC)c(I)c3)cc(C(=O)O)c2c1. The van der Waals surface area contributed by atoms with Crippen molar-refractivity contribution < 1.29 is 19.4 Å². The summed E-state index contributed by atoms with van der Waals surface area (Å²) in [5, 5.41) is 10.1. The molecule has 0 unspecified atom stereocenters. The van der Waals surface area contributed by atoms with Crippen LogP contribution in [0, 0.1) is 3.57 Å². The second kappa shape index (κ2) is 6.64. The first kappa shape index (κ1) is 16.5. The van der Waals surface area contributed by atoms with Crippen molar-refractivity contribution in [1.82, 2.24) is 4.98 Å². The van der Waals surface area contributed by atoms with E-state index in [1.165, 1.54) is 0 Å². The number of pyridine rings is 1. The molecular formula is C18H14INO4. The van der Waals surface area contributed by atoms with Crippen LogP contribution in [0.25, 0.3) is 22.2 Å². The number of benzene rings is 2. The average Bonchev–Trinajstić information content (AvgIpc) is 2.60. The van der Waals surface area contributed by atoms with Gasteiger partial charge in [0.2, 0.25) is 0 Å². The first-order chi connectivity index (χ1) is 11.5. The molecule has 0 spiro atoms. The summed E-state index contributed by atoms with van der Waals surface area (Å²) in [5.41, 5.74) is 2.24. The summed E-state index contributed by atoms with van der Waals surface area (Å²) < 4.78 is 11.4. The van der Waals surface area contributed by atoms with Gasteiger partial charge in [-0.2, -0.15) is 0 Å². The zero-order chi connectivity index (χ0) is 17.3. The number of carboxylic acids is 1. The van der Waals surface area contributed by atoms with Crippen LogP contribution in [0.2, 0.25) is 0 Å². The van der Waals surface area contributed by atoms with Crippen molar-refractivity contribution in [3.63, 3.8) is 0 Å². The molecular weight excluding hydrogens is 421 g/mol. The zero-order valence-corrected chi connectivity index (χ0v) is 15.2. The first-order valence-electron chi connectivity index (χ1n) is 7.09. The molecule has 2 aromatic carbocycles.